The third kappa shape index (κ3) is 4.29. The normalized spacial score (nSPS) is 24.2. The van der Waals surface area contributed by atoms with Crippen LogP contribution in [0.5, 0.6) is 0 Å². The number of rotatable bonds is 6. The number of hydrogen-bond donors (Lipinski definition) is 0. The molecule has 1 amide bonds. The maximum atomic E-state index is 12.3. The van der Waals surface area contributed by atoms with Crippen LogP contribution < -0.4 is 4.90 Å². The van der Waals surface area contributed by atoms with Gasteiger partial charge in [-0.25, -0.2) is 9.97 Å². The van der Waals surface area contributed by atoms with Gasteiger partial charge in [-0.3, -0.25) is 4.79 Å². The molecule has 1 aromatic rings. The van der Waals surface area contributed by atoms with Crippen LogP contribution in [-0.4, -0.2) is 60.7 Å². The predicted octanol–water partition coefficient (Wildman–Crippen LogP) is 2.28. The second kappa shape index (κ2) is 8.13. The van der Waals surface area contributed by atoms with Crippen molar-refractivity contribution in [3.8, 4) is 0 Å². The summed E-state index contributed by atoms with van der Waals surface area (Å²) in [5, 5.41) is 0. The quantitative estimate of drug-likeness (QED) is 0.740. The fraction of sp³-hybridized carbons (Fsp3) is 0.737. The number of aromatic nitrogens is 2. The highest BCUT2D eigenvalue weighted by Crippen LogP contribution is 2.39. The van der Waals surface area contributed by atoms with Crippen LogP contribution in [-0.2, 0) is 16.0 Å². The van der Waals surface area contributed by atoms with Gasteiger partial charge in [0, 0.05) is 63.5 Å². The number of piperidine rings is 2. The van der Waals surface area contributed by atoms with Gasteiger partial charge in [0.25, 0.3) is 0 Å². The molecule has 25 heavy (non-hydrogen) atoms. The standard InChI is InChI=1S/C19H30N4O2/c1-3-16-12-17(21-15-20-16)22-9-4-7-19(13-22)8-6-18(24)23(14-19)10-5-11-25-2/h12,15H,3-11,13-14H2,1-2H3/t19-/m1/s1. The molecule has 138 valence electrons. The molecular weight excluding hydrogens is 316 g/mol. The Bertz CT molecular complexity index is 595. The highest BCUT2D eigenvalue weighted by molar-refractivity contribution is 5.77. The molecule has 0 bridgehead atoms. The summed E-state index contributed by atoms with van der Waals surface area (Å²) in [4.78, 5) is 25.6. The molecule has 2 saturated heterocycles. The van der Waals surface area contributed by atoms with E-state index in [2.05, 4.69) is 32.8 Å². The van der Waals surface area contributed by atoms with Gasteiger partial charge in [0.15, 0.2) is 0 Å². The molecule has 1 atom stereocenters. The molecule has 0 unspecified atom stereocenters. The van der Waals surface area contributed by atoms with E-state index >= 15 is 0 Å². The minimum Gasteiger partial charge on any atom is -0.385 e. The fourth-order valence-corrected chi connectivity index (χ4v) is 4.19. The van der Waals surface area contributed by atoms with E-state index in [0.29, 0.717) is 18.9 Å². The minimum absolute atomic E-state index is 0.205. The molecule has 2 aliphatic rings. The van der Waals surface area contributed by atoms with E-state index in [-0.39, 0.29) is 5.41 Å². The molecule has 0 aliphatic carbocycles. The molecule has 0 N–H and O–H groups in total. The number of aryl methyl sites for hydroxylation is 1. The van der Waals surface area contributed by atoms with Gasteiger partial charge in [-0.05, 0) is 32.1 Å². The highest BCUT2D eigenvalue weighted by atomic mass is 16.5. The van der Waals surface area contributed by atoms with E-state index in [4.69, 9.17) is 4.74 Å². The molecule has 1 spiro atoms. The first-order chi connectivity index (χ1) is 12.2. The third-order valence-corrected chi connectivity index (χ3v) is 5.58. The molecule has 0 radical (unpaired) electrons. The maximum Gasteiger partial charge on any atom is 0.222 e. The number of anilines is 1. The van der Waals surface area contributed by atoms with Crippen molar-refractivity contribution < 1.29 is 9.53 Å². The van der Waals surface area contributed by atoms with E-state index in [1.807, 2.05) is 0 Å². The zero-order chi connectivity index (χ0) is 17.7. The summed E-state index contributed by atoms with van der Waals surface area (Å²) in [7, 11) is 1.71. The van der Waals surface area contributed by atoms with Gasteiger partial charge >= 0.3 is 0 Å². The molecule has 6 heteroatoms. The summed E-state index contributed by atoms with van der Waals surface area (Å²) < 4.78 is 5.14. The zero-order valence-electron chi connectivity index (χ0n) is 15.5. The van der Waals surface area contributed by atoms with Crippen molar-refractivity contribution in [3.05, 3.63) is 18.1 Å². The maximum absolute atomic E-state index is 12.3. The topological polar surface area (TPSA) is 58.6 Å². The molecule has 3 rings (SSSR count). The van der Waals surface area contributed by atoms with E-state index in [9.17, 15) is 4.79 Å². The molecule has 2 aliphatic heterocycles. The zero-order valence-corrected chi connectivity index (χ0v) is 15.5. The van der Waals surface area contributed by atoms with Crippen molar-refractivity contribution in [2.75, 3.05) is 44.8 Å². The Balaban J connectivity index is 1.69. The first-order valence-corrected chi connectivity index (χ1v) is 9.48. The van der Waals surface area contributed by atoms with Crippen LogP contribution in [0.1, 0.15) is 44.7 Å². The SMILES string of the molecule is CCc1cc(N2CCC[C@@]3(CCC(=O)N(CCCOC)C3)C2)ncn1. The molecule has 0 saturated carbocycles. The van der Waals surface area contributed by atoms with Crippen molar-refractivity contribution in [2.24, 2.45) is 5.41 Å². The van der Waals surface area contributed by atoms with Crippen molar-refractivity contribution >= 4 is 11.7 Å². The average molecular weight is 346 g/mol. The number of likely N-dealkylation sites (tertiary alicyclic amines) is 1. The Hall–Kier alpha value is -1.69. The molecule has 3 heterocycles. The van der Waals surface area contributed by atoms with Crippen molar-refractivity contribution in [1.29, 1.82) is 0 Å². The molecule has 2 fully saturated rings. The summed E-state index contributed by atoms with van der Waals surface area (Å²) in [5.41, 5.74) is 1.29. The van der Waals surface area contributed by atoms with E-state index in [1.54, 1.807) is 13.4 Å². The van der Waals surface area contributed by atoms with Gasteiger partial charge in [-0.15, -0.1) is 0 Å². The number of nitrogens with zero attached hydrogens (tertiary/aromatic N) is 4. The molecule has 0 aromatic carbocycles. The average Bonchev–Trinajstić information content (AvgIpc) is 2.65. The summed E-state index contributed by atoms with van der Waals surface area (Å²) in [6, 6.07) is 2.11. The molecule has 6 nitrogen and oxygen atoms in total. The van der Waals surface area contributed by atoms with Crippen molar-refractivity contribution in [3.63, 3.8) is 0 Å². The second-order valence-electron chi connectivity index (χ2n) is 7.41. The van der Waals surface area contributed by atoms with Gasteiger partial charge in [0.1, 0.15) is 12.1 Å². The van der Waals surface area contributed by atoms with Gasteiger partial charge in [0.05, 0.1) is 0 Å². The molecular formula is C19H30N4O2. The highest BCUT2D eigenvalue weighted by Gasteiger charge is 2.41. The number of methoxy groups -OCH3 is 1. The van der Waals surface area contributed by atoms with E-state index < -0.39 is 0 Å². The second-order valence-corrected chi connectivity index (χ2v) is 7.41. The Kier molecular flexibility index (Phi) is 5.89. The van der Waals surface area contributed by atoms with Gasteiger partial charge in [0.2, 0.25) is 5.91 Å². The Morgan fingerprint density at radius 2 is 2.16 bits per heavy atom. The smallest absolute Gasteiger partial charge is 0.222 e. The van der Waals surface area contributed by atoms with Gasteiger partial charge < -0.3 is 14.5 Å². The Morgan fingerprint density at radius 1 is 1.28 bits per heavy atom. The molecule has 1 aromatic heterocycles. The van der Waals surface area contributed by atoms with Crippen LogP contribution in [0, 0.1) is 5.41 Å². The van der Waals surface area contributed by atoms with Crippen LogP contribution in [0.4, 0.5) is 5.82 Å². The minimum atomic E-state index is 0.205. The Labute approximate surface area is 150 Å². The lowest BCUT2D eigenvalue weighted by Gasteiger charge is -2.48. The first-order valence-electron chi connectivity index (χ1n) is 9.48. The largest absolute Gasteiger partial charge is 0.385 e. The summed E-state index contributed by atoms with van der Waals surface area (Å²) in [5.74, 6) is 1.34. The first kappa shape index (κ1) is 18.1. The number of carbonyl (C=O) groups is 1. The number of hydrogen-bond acceptors (Lipinski definition) is 5. The number of ether oxygens (including phenoxy) is 1. The number of carbonyl (C=O) groups excluding carboxylic acids is 1. The van der Waals surface area contributed by atoms with Crippen LogP contribution in [0.3, 0.4) is 0 Å². The monoisotopic (exact) mass is 346 g/mol. The van der Waals surface area contributed by atoms with Crippen LogP contribution >= 0.6 is 0 Å². The lowest BCUT2D eigenvalue weighted by molar-refractivity contribution is -0.138. The summed E-state index contributed by atoms with van der Waals surface area (Å²) >= 11 is 0. The van der Waals surface area contributed by atoms with E-state index in [0.717, 1.165) is 63.4 Å². The number of amides is 1. The van der Waals surface area contributed by atoms with Crippen molar-refractivity contribution in [1.82, 2.24) is 14.9 Å². The summed E-state index contributed by atoms with van der Waals surface area (Å²) in [6.07, 6.45) is 7.54. The third-order valence-electron chi connectivity index (χ3n) is 5.58. The van der Waals surface area contributed by atoms with Gasteiger partial charge in [-0.1, -0.05) is 6.92 Å². The fourth-order valence-electron chi connectivity index (χ4n) is 4.19. The Morgan fingerprint density at radius 3 is 2.96 bits per heavy atom. The van der Waals surface area contributed by atoms with Crippen molar-refractivity contribution in [2.45, 2.75) is 45.4 Å². The van der Waals surface area contributed by atoms with Crippen LogP contribution in [0.25, 0.3) is 0 Å². The van der Waals surface area contributed by atoms with Crippen LogP contribution in [0.2, 0.25) is 0 Å². The predicted molar refractivity (Wildman–Crippen MR) is 97.6 cm³/mol. The lowest BCUT2D eigenvalue weighted by atomic mass is 9.73. The van der Waals surface area contributed by atoms with Crippen LogP contribution in [0.15, 0.2) is 12.4 Å². The van der Waals surface area contributed by atoms with E-state index in [1.165, 1.54) is 6.42 Å². The van der Waals surface area contributed by atoms with Gasteiger partial charge in [-0.2, -0.15) is 0 Å². The summed E-state index contributed by atoms with van der Waals surface area (Å²) in [6.45, 7) is 6.54. The lowest BCUT2D eigenvalue weighted by Crippen LogP contribution is -2.54.